The van der Waals surface area contributed by atoms with Gasteiger partial charge in [-0.25, -0.2) is 0 Å². The van der Waals surface area contributed by atoms with Gasteiger partial charge in [0.05, 0.1) is 6.61 Å². The monoisotopic (exact) mass is 385 g/mol. The van der Waals surface area contributed by atoms with Crippen molar-refractivity contribution in [3.05, 3.63) is 41.5 Å². The largest absolute Gasteiger partial charge is 0.493 e. The van der Waals surface area contributed by atoms with Crippen molar-refractivity contribution in [2.45, 2.75) is 52.0 Å². The summed E-state index contributed by atoms with van der Waals surface area (Å²) >= 11 is 0. The van der Waals surface area contributed by atoms with E-state index >= 15 is 0 Å². The van der Waals surface area contributed by atoms with E-state index in [9.17, 15) is 0 Å². The Kier molecular flexibility index (Phi) is 7.28. The number of nitrogens with zero attached hydrogens (tertiary/aromatic N) is 3. The molecule has 1 aliphatic rings. The molecule has 3 rings (SSSR count). The molecule has 2 aromatic rings. The third-order valence-corrected chi connectivity index (χ3v) is 4.67. The number of aryl methyl sites for hydroxylation is 1. The van der Waals surface area contributed by atoms with E-state index in [4.69, 9.17) is 9.26 Å². The van der Waals surface area contributed by atoms with Crippen molar-refractivity contribution in [3.8, 4) is 5.75 Å². The minimum Gasteiger partial charge on any atom is -0.493 e. The molecule has 1 fully saturated rings. The number of ether oxygens (including phenoxy) is 1. The first-order valence-electron chi connectivity index (χ1n) is 10.1. The van der Waals surface area contributed by atoms with Gasteiger partial charge in [-0.05, 0) is 31.2 Å². The number of aliphatic imine (C=N–C) groups is 1. The summed E-state index contributed by atoms with van der Waals surface area (Å²) in [5.41, 5.74) is 1.14. The Morgan fingerprint density at radius 1 is 1.29 bits per heavy atom. The second-order valence-electron chi connectivity index (χ2n) is 7.52. The van der Waals surface area contributed by atoms with E-state index in [0.29, 0.717) is 12.4 Å². The summed E-state index contributed by atoms with van der Waals surface area (Å²) < 4.78 is 11.2. The molecule has 0 bridgehead atoms. The first-order chi connectivity index (χ1) is 13.7. The van der Waals surface area contributed by atoms with Crippen molar-refractivity contribution in [2.24, 2.45) is 10.9 Å². The van der Waals surface area contributed by atoms with Crippen LogP contribution in [-0.2, 0) is 13.0 Å². The summed E-state index contributed by atoms with van der Waals surface area (Å²) in [5, 5.41) is 10.7. The average molecular weight is 386 g/mol. The summed E-state index contributed by atoms with van der Waals surface area (Å²) in [6.07, 6.45) is 4.22. The lowest BCUT2D eigenvalue weighted by molar-refractivity contribution is 0.296. The molecule has 28 heavy (non-hydrogen) atoms. The normalized spacial score (nSPS) is 14.4. The summed E-state index contributed by atoms with van der Waals surface area (Å²) in [7, 11) is 1.78. The number of para-hydroxylation sites is 1. The van der Waals surface area contributed by atoms with E-state index in [1.165, 1.54) is 12.8 Å². The lowest BCUT2D eigenvalue weighted by Crippen LogP contribution is -2.37. The fourth-order valence-electron chi connectivity index (χ4n) is 2.73. The molecule has 1 heterocycles. The third kappa shape index (κ3) is 6.25. The second kappa shape index (κ2) is 10.1. The van der Waals surface area contributed by atoms with Crippen LogP contribution in [0.15, 0.2) is 33.8 Å². The van der Waals surface area contributed by atoms with Gasteiger partial charge in [-0.3, -0.25) is 4.99 Å². The number of aromatic nitrogens is 2. The zero-order valence-corrected chi connectivity index (χ0v) is 17.1. The first kappa shape index (κ1) is 20.2. The predicted molar refractivity (Wildman–Crippen MR) is 110 cm³/mol. The first-order valence-corrected chi connectivity index (χ1v) is 10.1. The molecular formula is C21H31N5O2. The maximum absolute atomic E-state index is 5.97. The molecule has 0 aliphatic heterocycles. The molecule has 1 aromatic carbocycles. The topological polar surface area (TPSA) is 84.6 Å². The van der Waals surface area contributed by atoms with Crippen LogP contribution < -0.4 is 15.4 Å². The van der Waals surface area contributed by atoms with Gasteiger partial charge in [0.1, 0.15) is 5.75 Å². The number of nitrogens with one attached hydrogen (secondary N) is 2. The standard InChI is InChI=1S/C21H31N5O2/c1-15(2)20-25-19(28-26-20)9-6-12-23-21(22-3)24-13-17-7-4-5-8-18(17)27-14-16-10-11-16/h4-5,7-8,15-16H,6,9-14H2,1-3H3,(H2,22,23,24). The zero-order chi connectivity index (χ0) is 19.8. The Morgan fingerprint density at radius 3 is 2.82 bits per heavy atom. The van der Waals surface area contributed by atoms with E-state index in [1.54, 1.807) is 7.05 Å². The number of hydrogen-bond acceptors (Lipinski definition) is 5. The molecule has 0 atom stereocenters. The molecule has 0 spiro atoms. The molecule has 0 unspecified atom stereocenters. The fraction of sp³-hybridized carbons (Fsp3) is 0.571. The van der Waals surface area contributed by atoms with Crippen molar-refractivity contribution in [1.29, 1.82) is 0 Å². The minimum atomic E-state index is 0.287. The van der Waals surface area contributed by atoms with Crippen molar-refractivity contribution >= 4 is 5.96 Å². The lowest BCUT2D eigenvalue weighted by Gasteiger charge is -2.14. The van der Waals surface area contributed by atoms with Crippen molar-refractivity contribution < 1.29 is 9.26 Å². The molecule has 1 aliphatic carbocycles. The molecule has 0 amide bonds. The predicted octanol–water partition coefficient (Wildman–Crippen LogP) is 3.28. The van der Waals surface area contributed by atoms with E-state index in [2.05, 4.69) is 45.7 Å². The number of hydrogen-bond donors (Lipinski definition) is 2. The highest BCUT2D eigenvalue weighted by Gasteiger charge is 2.22. The Morgan fingerprint density at radius 2 is 2.11 bits per heavy atom. The van der Waals surface area contributed by atoms with E-state index in [0.717, 1.165) is 55.0 Å². The SMILES string of the molecule is CN=C(NCCCc1nc(C(C)C)no1)NCc1ccccc1OCC1CC1. The summed E-state index contributed by atoms with van der Waals surface area (Å²) in [4.78, 5) is 8.69. The van der Waals surface area contributed by atoms with Gasteiger partial charge in [0.25, 0.3) is 0 Å². The van der Waals surface area contributed by atoms with Gasteiger partial charge >= 0.3 is 0 Å². The highest BCUT2D eigenvalue weighted by molar-refractivity contribution is 5.79. The molecule has 0 radical (unpaired) electrons. The van der Waals surface area contributed by atoms with Crippen LogP contribution in [0.4, 0.5) is 0 Å². The number of rotatable bonds is 10. The van der Waals surface area contributed by atoms with Crippen molar-refractivity contribution in [3.63, 3.8) is 0 Å². The van der Waals surface area contributed by atoms with E-state index in [1.807, 2.05) is 18.2 Å². The van der Waals surface area contributed by atoms with Crippen LogP contribution in [0.3, 0.4) is 0 Å². The smallest absolute Gasteiger partial charge is 0.226 e. The van der Waals surface area contributed by atoms with E-state index < -0.39 is 0 Å². The van der Waals surface area contributed by atoms with Crippen LogP contribution in [0.2, 0.25) is 0 Å². The molecule has 1 saturated carbocycles. The number of benzene rings is 1. The summed E-state index contributed by atoms with van der Waals surface area (Å²) in [5.74, 6) is 4.21. The zero-order valence-electron chi connectivity index (χ0n) is 17.1. The van der Waals surface area contributed by atoms with Gasteiger partial charge in [-0.1, -0.05) is 37.2 Å². The minimum absolute atomic E-state index is 0.287. The molecule has 1 aromatic heterocycles. The van der Waals surface area contributed by atoms with Crippen LogP contribution in [0.1, 0.15) is 56.3 Å². The summed E-state index contributed by atoms with van der Waals surface area (Å²) in [6.45, 7) is 6.38. The molecule has 7 heteroatoms. The maximum Gasteiger partial charge on any atom is 0.226 e. The van der Waals surface area contributed by atoms with Crippen molar-refractivity contribution in [2.75, 3.05) is 20.2 Å². The van der Waals surface area contributed by atoms with Gasteiger partial charge in [0.2, 0.25) is 5.89 Å². The van der Waals surface area contributed by atoms with Crippen LogP contribution in [0, 0.1) is 5.92 Å². The van der Waals surface area contributed by atoms with Crippen molar-refractivity contribution in [1.82, 2.24) is 20.8 Å². The molecule has 7 nitrogen and oxygen atoms in total. The van der Waals surface area contributed by atoms with Gasteiger partial charge in [0, 0.05) is 38.0 Å². The highest BCUT2D eigenvalue weighted by atomic mass is 16.5. The summed E-state index contributed by atoms with van der Waals surface area (Å²) in [6, 6.07) is 8.17. The average Bonchev–Trinajstić information content (AvgIpc) is 3.41. The molecule has 152 valence electrons. The quantitative estimate of drug-likeness (QED) is 0.371. The third-order valence-electron chi connectivity index (χ3n) is 4.67. The molecule has 2 N–H and O–H groups in total. The number of guanidine groups is 1. The van der Waals surface area contributed by atoms with Gasteiger partial charge in [-0.2, -0.15) is 4.98 Å². The van der Waals surface area contributed by atoms with E-state index in [-0.39, 0.29) is 5.92 Å². The van der Waals surface area contributed by atoms with Gasteiger partial charge < -0.3 is 19.9 Å². The van der Waals surface area contributed by atoms with Gasteiger partial charge in [-0.15, -0.1) is 0 Å². The molecule has 0 saturated heterocycles. The lowest BCUT2D eigenvalue weighted by atomic mass is 10.2. The molecular weight excluding hydrogens is 354 g/mol. The Labute approximate surface area is 167 Å². The fourth-order valence-corrected chi connectivity index (χ4v) is 2.73. The Hall–Kier alpha value is -2.57. The highest BCUT2D eigenvalue weighted by Crippen LogP contribution is 2.30. The van der Waals surface area contributed by atoms with Crippen LogP contribution >= 0.6 is 0 Å². The van der Waals surface area contributed by atoms with Crippen LogP contribution in [0.25, 0.3) is 0 Å². The second-order valence-corrected chi connectivity index (χ2v) is 7.52. The Bertz CT molecular complexity index is 768. The van der Waals surface area contributed by atoms with Gasteiger partial charge in [0.15, 0.2) is 11.8 Å². The van der Waals surface area contributed by atoms with Crippen LogP contribution in [0.5, 0.6) is 5.75 Å². The Balaban J connectivity index is 1.39. The van der Waals surface area contributed by atoms with Crippen LogP contribution in [-0.4, -0.2) is 36.3 Å². The maximum atomic E-state index is 5.97.